The molecule has 6 nitrogen and oxygen atoms in total. The van der Waals surface area contributed by atoms with Crippen LogP contribution in [-0.2, 0) is 6.42 Å². The zero-order valence-electron chi connectivity index (χ0n) is 17.2. The van der Waals surface area contributed by atoms with Crippen molar-refractivity contribution in [2.75, 3.05) is 6.54 Å². The lowest BCUT2D eigenvalue weighted by Gasteiger charge is -2.06. The number of aromatic hydroxyl groups is 3. The highest BCUT2D eigenvalue weighted by atomic mass is 35.5. The third-order valence-electron chi connectivity index (χ3n) is 4.86. The number of hydrogen-bond donors (Lipinski definition) is 3. The molecule has 0 fully saturated rings. The maximum absolute atomic E-state index is 10.1. The molecule has 9 heteroatoms. The van der Waals surface area contributed by atoms with Crippen molar-refractivity contribution in [1.82, 2.24) is 4.68 Å². The highest BCUT2D eigenvalue weighted by Gasteiger charge is 2.12. The van der Waals surface area contributed by atoms with Crippen molar-refractivity contribution in [3.05, 3.63) is 92.0 Å². The van der Waals surface area contributed by atoms with Crippen LogP contribution in [-0.4, -0.2) is 32.8 Å². The quantitative estimate of drug-likeness (QED) is 0.236. The Balaban J connectivity index is 1.74. The van der Waals surface area contributed by atoms with E-state index in [1.807, 2.05) is 29.6 Å². The van der Waals surface area contributed by atoms with Crippen LogP contribution in [0.15, 0.2) is 76.1 Å². The van der Waals surface area contributed by atoms with Gasteiger partial charge in [-0.3, -0.25) is 4.99 Å². The fourth-order valence-electron chi connectivity index (χ4n) is 3.11. The molecule has 0 amide bonds. The molecule has 1 aromatic heterocycles. The Labute approximate surface area is 204 Å². The van der Waals surface area contributed by atoms with Gasteiger partial charge in [0.25, 0.3) is 0 Å². The summed E-state index contributed by atoms with van der Waals surface area (Å²) < 4.78 is 1.64. The van der Waals surface area contributed by atoms with Crippen molar-refractivity contribution in [1.29, 1.82) is 0 Å². The maximum atomic E-state index is 10.1. The second kappa shape index (κ2) is 10.1. The van der Waals surface area contributed by atoms with E-state index in [4.69, 9.17) is 28.2 Å². The summed E-state index contributed by atoms with van der Waals surface area (Å²) in [5.41, 5.74) is 2.94. The zero-order chi connectivity index (χ0) is 23.4. The molecule has 4 aromatic rings. The normalized spacial score (nSPS) is 12.0. The number of thiazole rings is 1. The third-order valence-corrected chi connectivity index (χ3v) is 6.46. The minimum absolute atomic E-state index is 0.235. The van der Waals surface area contributed by atoms with Crippen molar-refractivity contribution < 1.29 is 15.3 Å². The van der Waals surface area contributed by atoms with Crippen molar-refractivity contribution in [2.24, 2.45) is 10.1 Å². The van der Waals surface area contributed by atoms with Gasteiger partial charge in [-0.25, -0.2) is 4.68 Å². The number of halogens is 2. The largest absolute Gasteiger partial charge is 0.504 e. The fourth-order valence-corrected chi connectivity index (χ4v) is 4.27. The van der Waals surface area contributed by atoms with E-state index in [1.54, 1.807) is 16.8 Å². The molecule has 33 heavy (non-hydrogen) atoms. The van der Waals surface area contributed by atoms with Gasteiger partial charge in [0.15, 0.2) is 11.5 Å². The summed E-state index contributed by atoms with van der Waals surface area (Å²) >= 11 is 13.7. The molecule has 0 spiro atoms. The summed E-state index contributed by atoms with van der Waals surface area (Å²) in [5.74, 6) is -1.49. The first-order valence-corrected chi connectivity index (χ1v) is 11.6. The Kier molecular flexibility index (Phi) is 7.03. The molecular formula is C24H19Cl2N3O3S. The zero-order valence-corrected chi connectivity index (χ0v) is 19.5. The Bertz CT molecular complexity index is 1380. The van der Waals surface area contributed by atoms with Crippen LogP contribution in [0.3, 0.4) is 0 Å². The first kappa shape index (κ1) is 22.9. The molecule has 0 aliphatic heterocycles. The molecule has 168 valence electrons. The molecule has 0 saturated heterocycles. The van der Waals surface area contributed by atoms with Gasteiger partial charge in [0.2, 0.25) is 10.6 Å². The molecule has 0 atom stereocenters. The molecule has 0 aliphatic carbocycles. The molecular weight excluding hydrogens is 481 g/mol. The van der Waals surface area contributed by atoms with Crippen LogP contribution >= 0.6 is 34.5 Å². The van der Waals surface area contributed by atoms with E-state index in [0.29, 0.717) is 21.4 Å². The predicted molar refractivity (Wildman–Crippen MR) is 133 cm³/mol. The number of phenolic OH excluding ortho intramolecular Hbond substituents is 3. The fraction of sp³-hybridized carbons (Fsp3) is 0.0833. The highest BCUT2D eigenvalue weighted by Crippen LogP contribution is 2.36. The summed E-state index contributed by atoms with van der Waals surface area (Å²) in [6, 6.07) is 18.1. The van der Waals surface area contributed by atoms with Gasteiger partial charge < -0.3 is 15.3 Å². The minimum Gasteiger partial charge on any atom is -0.504 e. The smallest absolute Gasteiger partial charge is 0.206 e. The highest BCUT2D eigenvalue weighted by molar-refractivity contribution is 7.07. The van der Waals surface area contributed by atoms with Crippen LogP contribution in [0.4, 0.5) is 0 Å². The topological polar surface area (TPSA) is 90.3 Å². The van der Waals surface area contributed by atoms with E-state index in [2.05, 4.69) is 17.2 Å². The summed E-state index contributed by atoms with van der Waals surface area (Å²) in [5, 5.41) is 36.8. The van der Waals surface area contributed by atoms with Gasteiger partial charge >= 0.3 is 0 Å². The summed E-state index contributed by atoms with van der Waals surface area (Å²) in [6.45, 7) is 0.562. The van der Waals surface area contributed by atoms with Gasteiger partial charge in [-0.2, -0.15) is 5.10 Å². The molecule has 3 aromatic carbocycles. The number of rotatable bonds is 6. The Hall–Kier alpha value is -3.26. The van der Waals surface area contributed by atoms with Gasteiger partial charge in [0, 0.05) is 23.1 Å². The van der Waals surface area contributed by atoms with E-state index in [9.17, 15) is 15.3 Å². The standard InChI is InChI=1S/C24H19Cl2N3O3S/c25-18-8-6-16(12-19(18)26)20-14-33-24(27-11-10-15-4-2-1-3-5-15)29(20)28-13-17-7-9-21(30)23(32)22(17)31/h1-9,12-14,30-32H,10-11H2. The van der Waals surface area contributed by atoms with E-state index in [-0.39, 0.29) is 5.56 Å². The van der Waals surface area contributed by atoms with Crippen molar-refractivity contribution in [3.63, 3.8) is 0 Å². The number of aromatic nitrogens is 1. The molecule has 0 bridgehead atoms. The molecule has 0 aliphatic rings. The maximum Gasteiger partial charge on any atom is 0.206 e. The molecule has 1 heterocycles. The Morgan fingerprint density at radius 3 is 2.45 bits per heavy atom. The molecule has 0 saturated carbocycles. The van der Waals surface area contributed by atoms with E-state index in [1.165, 1.54) is 35.2 Å². The van der Waals surface area contributed by atoms with Crippen LogP contribution < -0.4 is 4.80 Å². The second-order valence-corrected chi connectivity index (χ2v) is 8.73. The van der Waals surface area contributed by atoms with Gasteiger partial charge in [-0.1, -0.05) is 59.6 Å². The first-order valence-electron chi connectivity index (χ1n) is 9.92. The predicted octanol–water partition coefficient (Wildman–Crippen LogP) is 5.67. The van der Waals surface area contributed by atoms with Crippen LogP contribution in [0.25, 0.3) is 11.3 Å². The lowest BCUT2D eigenvalue weighted by Crippen LogP contribution is -2.13. The van der Waals surface area contributed by atoms with E-state index < -0.39 is 17.2 Å². The summed E-state index contributed by atoms with van der Waals surface area (Å²) in [7, 11) is 0. The lowest BCUT2D eigenvalue weighted by atomic mass is 10.2. The third kappa shape index (κ3) is 5.22. The number of phenols is 3. The minimum atomic E-state index is -0.605. The molecule has 3 N–H and O–H groups in total. The van der Waals surface area contributed by atoms with Crippen LogP contribution in [0.2, 0.25) is 10.0 Å². The van der Waals surface area contributed by atoms with E-state index in [0.717, 1.165) is 17.7 Å². The Morgan fingerprint density at radius 2 is 1.70 bits per heavy atom. The number of nitrogens with zero attached hydrogens (tertiary/aromatic N) is 3. The van der Waals surface area contributed by atoms with Crippen LogP contribution in [0.5, 0.6) is 17.2 Å². The van der Waals surface area contributed by atoms with Gasteiger partial charge in [-0.05, 0) is 36.2 Å². The molecule has 4 rings (SSSR count). The summed E-state index contributed by atoms with van der Waals surface area (Å²) in [4.78, 5) is 5.36. The Morgan fingerprint density at radius 1 is 0.909 bits per heavy atom. The number of hydrogen-bond acceptors (Lipinski definition) is 6. The number of benzene rings is 3. The van der Waals surface area contributed by atoms with Gasteiger partial charge in [-0.15, -0.1) is 11.3 Å². The SMILES string of the molecule is Oc1ccc(C=Nn2c(-c3ccc(Cl)c(Cl)c3)csc2=NCCc2ccccc2)c(O)c1O. The first-order chi connectivity index (χ1) is 15.9. The van der Waals surface area contributed by atoms with E-state index >= 15 is 0 Å². The average molecular weight is 500 g/mol. The van der Waals surface area contributed by atoms with Crippen LogP contribution in [0, 0.1) is 0 Å². The van der Waals surface area contributed by atoms with Crippen molar-refractivity contribution in [2.45, 2.75) is 6.42 Å². The van der Waals surface area contributed by atoms with Crippen molar-refractivity contribution in [3.8, 4) is 28.5 Å². The van der Waals surface area contributed by atoms with Crippen LogP contribution in [0.1, 0.15) is 11.1 Å². The van der Waals surface area contributed by atoms with Gasteiger partial charge in [0.1, 0.15) is 0 Å². The second-order valence-electron chi connectivity index (χ2n) is 7.08. The molecule has 0 unspecified atom stereocenters. The van der Waals surface area contributed by atoms with Crippen molar-refractivity contribution >= 4 is 40.8 Å². The summed E-state index contributed by atoms with van der Waals surface area (Å²) in [6.07, 6.45) is 2.16. The monoisotopic (exact) mass is 499 g/mol. The molecule has 0 radical (unpaired) electrons. The average Bonchev–Trinajstić information content (AvgIpc) is 3.22. The lowest BCUT2D eigenvalue weighted by molar-refractivity contribution is 0.367. The van der Waals surface area contributed by atoms with Gasteiger partial charge in [0.05, 0.1) is 22.0 Å².